The molecule has 2 heterocycles. The van der Waals surface area contributed by atoms with Crippen LogP contribution in [0.2, 0.25) is 0 Å². The van der Waals surface area contributed by atoms with Crippen LogP contribution in [-0.4, -0.2) is 89.1 Å². The summed E-state index contributed by atoms with van der Waals surface area (Å²) in [6.45, 7) is 2.42. The Bertz CT molecular complexity index is 1200. The number of hydrogen-bond donors (Lipinski definition) is 1. The molecule has 0 radical (unpaired) electrons. The van der Waals surface area contributed by atoms with E-state index in [0.717, 1.165) is 23.4 Å². The first-order valence-corrected chi connectivity index (χ1v) is 12.3. The third kappa shape index (κ3) is 7.73. The average Bonchev–Trinajstić information content (AvgIpc) is 3.35. The van der Waals surface area contributed by atoms with E-state index in [1.807, 2.05) is 39.9 Å². The van der Waals surface area contributed by atoms with Gasteiger partial charge < -0.3 is 28.8 Å². The van der Waals surface area contributed by atoms with Crippen molar-refractivity contribution in [1.29, 1.82) is 0 Å². The molecule has 11 heteroatoms. The number of hydrogen-bond acceptors (Lipinski definition) is 7. The maximum absolute atomic E-state index is 13.6. The number of benzene rings is 2. The summed E-state index contributed by atoms with van der Waals surface area (Å²) in [4.78, 5) is 20.2. The summed E-state index contributed by atoms with van der Waals surface area (Å²) in [5.41, 5.74) is -0.491. The molecule has 4 rings (SSSR count). The fourth-order valence-electron chi connectivity index (χ4n) is 4.36. The van der Waals surface area contributed by atoms with Crippen LogP contribution < -0.4 is 9.47 Å². The van der Waals surface area contributed by atoms with Crippen molar-refractivity contribution in [3.05, 3.63) is 78.4 Å². The Hall–Kier alpha value is -3.54. The molecule has 1 fully saturated rings. The van der Waals surface area contributed by atoms with Gasteiger partial charge in [0.15, 0.2) is 11.6 Å². The van der Waals surface area contributed by atoms with Crippen LogP contribution in [0.5, 0.6) is 11.5 Å². The molecule has 1 N–H and O–H groups in total. The van der Waals surface area contributed by atoms with Crippen LogP contribution >= 0.6 is 0 Å². The molecular formula is C27H32F2N4O5. The van der Waals surface area contributed by atoms with E-state index in [0.29, 0.717) is 32.8 Å². The zero-order chi connectivity index (χ0) is 27.0. The third-order valence-corrected chi connectivity index (χ3v) is 6.19. The first-order chi connectivity index (χ1) is 18.3. The quantitative estimate of drug-likeness (QED) is 0.407. The molecule has 3 aromatic rings. The van der Waals surface area contributed by atoms with Gasteiger partial charge in [-0.1, -0.05) is 12.1 Å². The maximum atomic E-state index is 13.6. The van der Waals surface area contributed by atoms with Gasteiger partial charge in [-0.05, 0) is 29.8 Å². The van der Waals surface area contributed by atoms with E-state index < -0.39 is 17.2 Å². The Morgan fingerprint density at radius 3 is 2.68 bits per heavy atom. The highest BCUT2D eigenvalue weighted by atomic mass is 19.2. The van der Waals surface area contributed by atoms with Crippen molar-refractivity contribution in [2.45, 2.75) is 18.7 Å². The van der Waals surface area contributed by atoms with Crippen molar-refractivity contribution in [2.24, 2.45) is 0 Å². The molecule has 1 saturated heterocycles. The number of nitrogens with zero attached hydrogens (tertiary/aromatic N) is 4. The van der Waals surface area contributed by atoms with Crippen molar-refractivity contribution >= 4 is 5.91 Å². The summed E-state index contributed by atoms with van der Waals surface area (Å²) < 4.78 is 45.4. The lowest BCUT2D eigenvalue weighted by atomic mass is 10.0. The van der Waals surface area contributed by atoms with Gasteiger partial charge in [0.2, 0.25) is 5.91 Å². The minimum absolute atomic E-state index is 0.00672. The van der Waals surface area contributed by atoms with E-state index in [-0.39, 0.29) is 38.0 Å². The van der Waals surface area contributed by atoms with E-state index in [1.54, 1.807) is 12.5 Å². The highest BCUT2D eigenvalue weighted by molar-refractivity contribution is 5.77. The van der Waals surface area contributed by atoms with E-state index in [2.05, 4.69) is 4.98 Å². The molecule has 0 spiro atoms. The number of aliphatic hydroxyl groups is 1. The molecular weight excluding hydrogens is 498 g/mol. The largest absolute Gasteiger partial charge is 0.492 e. The number of amides is 1. The topological polar surface area (TPSA) is 89.3 Å². The van der Waals surface area contributed by atoms with Crippen LogP contribution in [-0.2, 0) is 22.6 Å². The Labute approximate surface area is 220 Å². The number of carbonyl (C=O) groups is 1. The molecule has 1 aliphatic heterocycles. The Balaban J connectivity index is 1.43. The molecule has 1 aliphatic rings. The number of imidazole rings is 1. The standard InChI is InChI=1S/C27H32F2N4O5/c1-36-16-26(34)33-10-9-32(17-27(35,18-33)19-38-23-5-6-24(28)25(29)14-23)15-21-3-2-4-22(13-21)37-12-11-31-8-7-30-20-31/h2-8,13-14,20,35H,9-12,15-19H2,1H3. The minimum atomic E-state index is -1.47. The number of ether oxygens (including phenoxy) is 3. The molecule has 1 unspecified atom stereocenters. The molecule has 1 amide bonds. The van der Waals surface area contributed by atoms with Crippen molar-refractivity contribution in [3.63, 3.8) is 0 Å². The highest BCUT2D eigenvalue weighted by Crippen LogP contribution is 2.22. The Morgan fingerprint density at radius 2 is 1.92 bits per heavy atom. The smallest absolute Gasteiger partial charge is 0.248 e. The van der Waals surface area contributed by atoms with Gasteiger partial charge in [-0.3, -0.25) is 9.69 Å². The average molecular weight is 531 g/mol. The second-order valence-electron chi connectivity index (χ2n) is 9.34. The third-order valence-electron chi connectivity index (χ3n) is 6.19. The molecule has 38 heavy (non-hydrogen) atoms. The zero-order valence-corrected chi connectivity index (χ0v) is 21.3. The normalized spacial score (nSPS) is 18.3. The minimum Gasteiger partial charge on any atom is -0.492 e. The predicted octanol–water partition coefficient (Wildman–Crippen LogP) is 2.34. The SMILES string of the molecule is COCC(=O)N1CCN(Cc2cccc(OCCn3ccnc3)c2)CC(O)(COc2ccc(F)c(F)c2)C1. The molecule has 2 aromatic carbocycles. The van der Waals surface area contributed by atoms with Gasteiger partial charge >= 0.3 is 0 Å². The van der Waals surface area contributed by atoms with Crippen molar-refractivity contribution in [2.75, 3.05) is 53.1 Å². The van der Waals surface area contributed by atoms with Crippen LogP contribution in [0.25, 0.3) is 0 Å². The van der Waals surface area contributed by atoms with Crippen LogP contribution in [0.3, 0.4) is 0 Å². The lowest BCUT2D eigenvalue weighted by Crippen LogP contribution is -2.52. The lowest BCUT2D eigenvalue weighted by molar-refractivity contribution is -0.138. The van der Waals surface area contributed by atoms with Gasteiger partial charge in [-0.15, -0.1) is 0 Å². The number of halogens is 2. The molecule has 204 valence electrons. The van der Waals surface area contributed by atoms with E-state index in [4.69, 9.17) is 14.2 Å². The molecule has 1 aromatic heterocycles. The monoisotopic (exact) mass is 530 g/mol. The van der Waals surface area contributed by atoms with Gasteiger partial charge in [0.05, 0.1) is 19.4 Å². The summed E-state index contributed by atoms with van der Waals surface area (Å²) in [5, 5.41) is 11.5. The summed E-state index contributed by atoms with van der Waals surface area (Å²) in [5.74, 6) is -1.47. The number of rotatable bonds is 11. The Morgan fingerprint density at radius 1 is 1.08 bits per heavy atom. The molecule has 9 nitrogen and oxygen atoms in total. The number of aromatic nitrogens is 2. The number of methoxy groups -OCH3 is 1. The first kappa shape index (κ1) is 27.5. The van der Waals surface area contributed by atoms with Crippen LogP contribution in [0.15, 0.2) is 61.2 Å². The molecule has 0 aliphatic carbocycles. The number of carbonyl (C=O) groups excluding carboxylic acids is 1. The second-order valence-corrected chi connectivity index (χ2v) is 9.34. The van der Waals surface area contributed by atoms with Crippen molar-refractivity contribution in [3.8, 4) is 11.5 Å². The lowest BCUT2D eigenvalue weighted by Gasteiger charge is -2.33. The van der Waals surface area contributed by atoms with Gasteiger partial charge in [-0.25, -0.2) is 13.8 Å². The molecule has 0 saturated carbocycles. The van der Waals surface area contributed by atoms with Crippen LogP contribution in [0, 0.1) is 11.6 Å². The van der Waals surface area contributed by atoms with Crippen LogP contribution in [0.4, 0.5) is 8.78 Å². The van der Waals surface area contributed by atoms with Gasteiger partial charge in [-0.2, -0.15) is 0 Å². The second kappa shape index (κ2) is 12.8. The maximum Gasteiger partial charge on any atom is 0.248 e. The van der Waals surface area contributed by atoms with Gasteiger partial charge in [0, 0.05) is 51.7 Å². The van der Waals surface area contributed by atoms with E-state index in [1.165, 1.54) is 18.1 Å². The van der Waals surface area contributed by atoms with E-state index >= 15 is 0 Å². The fraction of sp³-hybridized carbons (Fsp3) is 0.407. The fourth-order valence-corrected chi connectivity index (χ4v) is 4.36. The Kier molecular flexibility index (Phi) is 9.27. The summed E-state index contributed by atoms with van der Waals surface area (Å²) >= 11 is 0. The predicted molar refractivity (Wildman–Crippen MR) is 135 cm³/mol. The van der Waals surface area contributed by atoms with Crippen molar-refractivity contribution in [1.82, 2.24) is 19.4 Å². The molecule has 0 bridgehead atoms. The van der Waals surface area contributed by atoms with Crippen molar-refractivity contribution < 1.29 is 32.9 Å². The first-order valence-electron chi connectivity index (χ1n) is 12.3. The summed E-state index contributed by atoms with van der Waals surface area (Å²) in [7, 11) is 1.44. The van der Waals surface area contributed by atoms with Gasteiger partial charge in [0.25, 0.3) is 0 Å². The van der Waals surface area contributed by atoms with E-state index in [9.17, 15) is 18.7 Å². The summed E-state index contributed by atoms with van der Waals surface area (Å²) in [6.07, 6.45) is 5.32. The zero-order valence-electron chi connectivity index (χ0n) is 21.3. The number of β-amino-alcohol motifs (C(OH)–C–C–N with tert-alkyl or cyclic N) is 1. The van der Waals surface area contributed by atoms with Crippen LogP contribution in [0.1, 0.15) is 5.56 Å². The highest BCUT2D eigenvalue weighted by Gasteiger charge is 2.37. The molecule has 1 atom stereocenters. The summed E-state index contributed by atoms with van der Waals surface area (Å²) in [6, 6.07) is 10.9. The van der Waals surface area contributed by atoms with Gasteiger partial charge in [0.1, 0.15) is 36.9 Å².